The van der Waals surface area contributed by atoms with E-state index in [0.29, 0.717) is 49.4 Å². The normalized spacial score (nSPS) is 12.7. The number of hydrogen-bond acceptors (Lipinski definition) is 8. The molecule has 0 fully saturated rings. The molecule has 0 bridgehead atoms. The van der Waals surface area contributed by atoms with Crippen LogP contribution >= 0.6 is 11.6 Å². The second-order valence-corrected chi connectivity index (χ2v) is 9.74. The molecule has 3 aromatic rings. The molecule has 216 valence electrons. The standard InChI is InChI=1S/C30H38ClN3O6/c1-2-38-16-17-39-25-10-6-22(7-11-25)14-15-34(20-28(36)27-4-3-5-29(31)33-27)19-24(35)21-40-26-12-8-23(9-13-26)18-30(32)37/h3-13,24,28,35-36H,2,14-21H2,1H3,(H2,32,37)/t24-,28-/m0/s1. The van der Waals surface area contributed by atoms with E-state index in [1.165, 1.54) is 0 Å². The Hall–Kier alpha value is -3.21. The lowest BCUT2D eigenvalue weighted by Gasteiger charge is -2.27. The third-order valence-corrected chi connectivity index (χ3v) is 6.27. The molecular weight excluding hydrogens is 534 g/mol. The van der Waals surface area contributed by atoms with Crippen LogP contribution in [-0.2, 0) is 22.4 Å². The highest BCUT2D eigenvalue weighted by atomic mass is 35.5. The highest BCUT2D eigenvalue weighted by Gasteiger charge is 2.19. The zero-order chi connectivity index (χ0) is 28.7. The molecule has 0 aliphatic carbocycles. The van der Waals surface area contributed by atoms with Crippen LogP contribution < -0.4 is 15.2 Å². The van der Waals surface area contributed by atoms with Crippen molar-refractivity contribution in [1.82, 2.24) is 9.88 Å². The second-order valence-electron chi connectivity index (χ2n) is 9.35. The summed E-state index contributed by atoms with van der Waals surface area (Å²) in [5.74, 6) is 0.949. The quantitative estimate of drug-likeness (QED) is 0.157. The predicted molar refractivity (Wildman–Crippen MR) is 154 cm³/mol. The summed E-state index contributed by atoms with van der Waals surface area (Å²) in [5.41, 5.74) is 7.59. The highest BCUT2D eigenvalue weighted by molar-refractivity contribution is 6.29. The number of ether oxygens (including phenoxy) is 3. The number of amides is 1. The second kappa shape index (κ2) is 16.8. The number of benzene rings is 2. The maximum atomic E-state index is 11.1. The first kappa shape index (κ1) is 31.3. The summed E-state index contributed by atoms with van der Waals surface area (Å²) in [6.45, 7) is 4.82. The lowest BCUT2D eigenvalue weighted by molar-refractivity contribution is -0.117. The van der Waals surface area contributed by atoms with Crippen molar-refractivity contribution in [1.29, 1.82) is 0 Å². The van der Waals surface area contributed by atoms with Gasteiger partial charge in [-0.3, -0.25) is 9.69 Å². The van der Waals surface area contributed by atoms with E-state index in [2.05, 4.69) is 4.98 Å². The minimum atomic E-state index is -0.884. The van der Waals surface area contributed by atoms with Crippen molar-refractivity contribution in [3.05, 3.63) is 88.7 Å². The van der Waals surface area contributed by atoms with E-state index in [1.54, 1.807) is 42.5 Å². The van der Waals surface area contributed by atoms with Crippen molar-refractivity contribution in [3.63, 3.8) is 0 Å². The molecule has 2 aromatic carbocycles. The first-order valence-electron chi connectivity index (χ1n) is 13.3. The lowest BCUT2D eigenvalue weighted by atomic mass is 10.1. The number of carbonyl (C=O) groups is 1. The average Bonchev–Trinajstić information content (AvgIpc) is 2.94. The predicted octanol–water partition coefficient (Wildman–Crippen LogP) is 3.20. The monoisotopic (exact) mass is 571 g/mol. The molecular formula is C30H38ClN3O6. The maximum Gasteiger partial charge on any atom is 0.221 e. The molecule has 4 N–H and O–H groups in total. The van der Waals surface area contributed by atoms with E-state index < -0.39 is 18.1 Å². The number of nitrogens with two attached hydrogens (primary N) is 1. The summed E-state index contributed by atoms with van der Waals surface area (Å²) in [7, 11) is 0. The SMILES string of the molecule is CCOCCOc1ccc(CCN(C[C@H](O)COc2ccc(CC(N)=O)cc2)C[C@H](O)c2cccc(Cl)n2)cc1. The molecule has 9 nitrogen and oxygen atoms in total. The van der Waals surface area contributed by atoms with E-state index in [9.17, 15) is 15.0 Å². The van der Waals surface area contributed by atoms with Gasteiger partial charge in [0.05, 0.1) is 18.7 Å². The molecule has 0 unspecified atom stereocenters. The van der Waals surface area contributed by atoms with Gasteiger partial charge >= 0.3 is 0 Å². The van der Waals surface area contributed by atoms with Gasteiger partial charge in [-0.05, 0) is 60.9 Å². The third-order valence-electron chi connectivity index (χ3n) is 6.06. The van der Waals surface area contributed by atoms with Gasteiger partial charge in [-0.15, -0.1) is 0 Å². The van der Waals surface area contributed by atoms with Gasteiger partial charge < -0.3 is 30.2 Å². The van der Waals surface area contributed by atoms with Crippen molar-refractivity contribution in [2.45, 2.75) is 32.0 Å². The molecule has 2 atom stereocenters. The minimum absolute atomic E-state index is 0.0605. The number of pyridine rings is 1. The number of hydrogen-bond donors (Lipinski definition) is 3. The van der Waals surface area contributed by atoms with Crippen molar-refractivity contribution >= 4 is 17.5 Å². The van der Waals surface area contributed by atoms with Gasteiger partial charge in [0.25, 0.3) is 0 Å². The van der Waals surface area contributed by atoms with Gasteiger partial charge in [0, 0.05) is 26.2 Å². The van der Waals surface area contributed by atoms with Gasteiger partial charge in [-0.2, -0.15) is 0 Å². The van der Waals surface area contributed by atoms with Crippen LogP contribution in [-0.4, -0.2) is 78.2 Å². The molecule has 0 radical (unpaired) electrons. The number of nitrogens with zero attached hydrogens (tertiary/aromatic N) is 2. The molecule has 1 aromatic heterocycles. The first-order valence-corrected chi connectivity index (χ1v) is 13.7. The molecule has 0 saturated carbocycles. The fourth-order valence-electron chi connectivity index (χ4n) is 4.05. The Bertz CT molecular complexity index is 1160. The largest absolute Gasteiger partial charge is 0.491 e. The van der Waals surface area contributed by atoms with E-state index in [1.807, 2.05) is 36.1 Å². The summed E-state index contributed by atoms with van der Waals surface area (Å²) >= 11 is 6.01. The lowest BCUT2D eigenvalue weighted by Crippen LogP contribution is -2.39. The number of carbonyl (C=O) groups excluding carboxylic acids is 1. The van der Waals surface area contributed by atoms with Crippen LogP contribution in [0.15, 0.2) is 66.7 Å². The molecule has 1 heterocycles. The Balaban J connectivity index is 1.57. The van der Waals surface area contributed by atoms with Gasteiger partial charge in [0.1, 0.15) is 42.1 Å². The van der Waals surface area contributed by atoms with Gasteiger partial charge in [0.15, 0.2) is 0 Å². The molecule has 1 amide bonds. The first-order chi connectivity index (χ1) is 19.3. The van der Waals surface area contributed by atoms with E-state index in [-0.39, 0.29) is 26.1 Å². The third kappa shape index (κ3) is 11.5. The Labute approximate surface area is 240 Å². The number of halogens is 1. The summed E-state index contributed by atoms with van der Waals surface area (Å²) in [5, 5.41) is 21.9. The van der Waals surface area contributed by atoms with Crippen molar-refractivity contribution < 1.29 is 29.2 Å². The zero-order valence-electron chi connectivity index (χ0n) is 22.7. The van der Waals surface area contributed by atoms with Gasteiger partial charge in [0.2, 0.25) is 5.91 Å². The Kier molecular flexibility index (Phi) is 13.1. The van der Waals surface area contributed by atoms with Crippen LogP contribution in [0.25, 0.3) is 0 Å². The van der Waals surface area contributed by atoms with Crippen LogP contribution in [0.5, 0.6) is 11.5 Å². The number of aliphatic hydroxyl groups is 2. The highest BCUT2D eigenvalue weighted by Crippen LogP contribution is 2.18. The maximum absolute atomic E-state index is 11.1. The summed E-state index contributed by atoms with van der Waals surface area (Å²) < 4.78 is 16.7. The van der Waals surface area contributed by atoms with Gasteiger partial charge in [-0.1, -0.05) is 41.9 Å². The smallest absolute Gasteiger partial charge is 0.221 e. The Morgan fingerprint density at radius 3 is 2.27 bits per heavy atom. The zero-order valence-corrected chi connectivity index (χ0v) is 23.5. The van der Waals surface area contributed by atoms with E-state index in [0.717, 1.165) is 16.9 Å². The number of aromatic nitrogens is 1. The Morgan fingerprint density at radius 2 is 1.62 bits per heavy atom. The van der Waals surface area contributed by atoms with E-state index in [4.69, 9.17) is 31.5 Å². The van der Waals surface area contributed by atoms with Crippen LogP contribution in [0.1, 0.15) is 29.8 Å². The Morgan fingerprint density at radius 1 is 0.950 bits per heavy atom. The molecule has 40 heavy (non-hydrogen) atoms. The topological polar surface area (TPSA) is 127 Å². The molecule has 0 saturated heterocycles. The molecule has 0 spiro atoms. The van der Waals surface area contributed by atoms with Crippen LogP contribution in [0, 0.1) is 0 Å². The van der Waals surface area contributed by atoms with E-state index >= 15 is 0 Å². The fraction of sp³-hybridized carbons (Fsp3) is 0.400. The number of primary amides is 1. The average molecular weight is 572 g/mol. The summed E-state index contributed by atoms with van der Waals surface area (Å²) in [6, 6.07) is 20.0. The van der Waals surface area contributed by atoms with Crippen molar-refractivity contribution in [2.75, 3.05) is 46.1 Å². The molecule has 0 aliphatic rings. The fourth-order valence-corrected chi connectivity index (χ4v) is 4.23. The molecule has 3 rings (SSSR count). The summed E-state index contributed by atoms with van der Waals surface area (Å²) in [6.07, 6.45) is -0.841. The van der Waals surface area contributed by atoms with Crippen molar-refractivity contribution in [2.24, 2.45) is 5.73 Å². The van der Waals surface area contributed by atoms with Crippen LogP contribution in [0.2, 0.25) is 5.15 Å². The summed E-state index contributed by atoms with van der Waals surface area (Å²) in [4.78, 5) is 17.3. The minimum Gasteiger partial charge on any atom is -0.491 e. The number of rotatable bonds is 18. The number of aliphatic hydroxyl groups excluding tert-OH is 2. The molecule has 10 heteroatoms. The van der Waals surface area contributed by atoms with Crippen molar-refractivity contribution in [3.8, 4) is 11.5 Å². The molecule has 0 aliphatic heterocycles. The van der Waals surface area contributed by atoms with Gasteiger partial charge in [-0.25, -0.2) is 4.98 Å². The van der Waals surface area contributed by atoms with Crippen LogP contribution in [0.3, 0.4) is 0 Å². The van der Waals surface area contributed by atoms with Crippen LogP contribution in [0.4, 0.5) is 0 Å².